The Labute approximate surface area is 118 Å². The van der Waals surface area contributed by atoms with Crippen LogP contribution < -0.4 is 10.6 Å². The second-order valence-corrected chi connectivity index (χ2v) is 5.56. The third-order valence-corrected chi connectivity index (χ3v) is 3.96. The Morgan fingerprint density at radius 2 is 2.25 bits per heavy atom. The van der Waals surface area contributed by atoms with Crippen molar-refractivity contribution >= 4 is 22.8 Å². The maximum Gasteiger partial charge on any atom is 0.226 e. The van der Waals surface area contributed by atoms with Gasteiger partial charge in [0.05, 0.1) is 11.6 Å². The van der Waals surface area contributed by atoms with Gasteiger partial charge in [0.15, 0.2) is 5.65 Å². The molecule has 1 aliphatic heterocycles. The van der Waals surface area contributed by atoms with Crippen LogP contribution in [0.1, 0.15) is 13.3 Å². The molecule has 1 aliphatic rings. The Hall–Kier alpha value is -1.89. The Kier molecular flexibility index (Phi) is 3.43. The predicted molar refractivity (Wildman–Crippen MR) is 79.9 cm³/mol. The van der Waals surface area contributed by atoms with Gasteiger partial charge < -0.3 is 15.5 Å². The fourth-order valence-corrected chi connectivity index (χ4v) is 2.80. The van der Waals surface area contributed by atoms with Crippen molar-refractivity contribution in [2.24, 2.45) is 5.92 Å². The summed E-state index contributed by atoms with van der Waals surface area (Å²) in [6.07, 6.45) is 2.90. The fourth-order valence-electron chi connectivity index (χ4n) is 2.80. The molecule has 0 aromatic carbocycles. The summed E-state index contributed by atoms with van der Waals surface area (Å²) in [5, 5.41) is 14.5. The molecule has 0 aliphatic carbocycles. The van der Waals surface area contributed by atoms with E-state index in [1.54, 1.807) is 6.20 Å². The molecule has 0 radical (unpaired) electrons. The van der Waals surface area contributed by atoms with Crippen molar-refractivity contribution in [3.05, 3.63) is 6.20 Å². The van der Waals surface area contributed by atoms with Gasteiger partial charge in [-0.1, -0.05) is 6.92 Å². The molecule has 0 spiro atoms. The SMILES string of the molecule is CNc1nc(NC2CCN(C)CC2C)c2cn[nH]c2n1. The smallest absolute Gasteiger partial charge is 0.226 e. The number of hydrogen-bond acceptors (Lipinski definition) is 6. The molecule has 3 heterocycles. The van der Waals surface area contributed by atoms with Gasteiger partial charge in [0.1, 0.15) is 5.82 Å². The second kappa shape index (κ2) is 5.24. The van der Waals surface area contributed by atoms with Gasteiger partial charge in [-0.25, -0.2) is 0 Å². The number of fused-ring (bicyclic) bond motifs is 1. The van der Waals surface area contributed by atoms with E-state index >= 15 is 0 Å². The van der Waals surface area contributed by atoms with Gasteiger partial charge in [-0.2, -0.15) is 15.1 Å². The van der Waals surface area contributed by atoms with Gasteiger partial charge in [-0.15, -0.1) is 0 Å². The standard InChI is InChI=1S/C13H21N7/c1-8-7-20(3)5-4-10(8)16-11-9-6-15-19-12(9)18-13(14-2)17-11/h6,8,10H,4-5,7H2,1-3H3,(H3,14,15,16,17,18,19). The summed E-state index contributed by atoms with van der Waals surface area (Å²) in [6.45, 7) is 4.50. The molecule has 20 heavy (non-hydrogen) atoms. The molecule has 1 saturated heterocycles. The van der Waals surface area contributed by atoms with E-state index in [0.29, 0.717) is 17.9 Å². The highest BCUT2D eigenvalue weighted by atomic mass is 15.2. The molecule has 1 fully saturated rings. The Morgan fingerprint density at radius 3 is 3.00 bits per heavy atom. The van der Waals surface area contributed by atoms with Crippen LogP contribution in [0.2, 0.25) is 0 Å². The van der Waals surface area contributed by atoms with Gasteiger partial charge in [0, 0.05) is 19.6 Å². The summed E-state index contributed by atoms with van der Waals surface area (Å²) in [7, 11) is 3.99. The summed E-state index contributed by atoms with van der Waals surface area (Å²) in [6, 6.07) is 0.434. The van der Waals surface area contributed by atoms with Crippen molar-refractivity contribution in [2.75, 3.05) is 37.8 Å². The van der Waals surface area contributed by atoms with Gasteiger partial charge in [-0.3, -0.25) is 5.10 Å². The van der Waals surface area contributed by atoms with Crippen LogP contribution in [-0.4, -0.2) is 58.3 Å². The second-order valence-electron chi connectivity index (χ2n) is 5.56. The van der Waals surface area contributed by atoms with Crippen LogP contribution in [0.4, 0.5) is 11.8 Å². The van der Waals surface area contributed by atoms with E-state index in [9.17, 15) is 0 Å². The maximum absolute atomic E-state index is 4.53. The monoisotopic (exact) mass is 275 g/mol. The molecule has 0 amide bonds. The van der Waals surface area contributed by atoms with E-state index in [1.807, 2.05) is 7.05 Å². The summed E-state index contributed by atoms with van der Waals surface area (Å²) >= 11 is 0. The molecular weight excluding hydrogens is 254 g/mol. The summed E-state index contributed by atoms with van der Waals surface area (Å²) < 4.78 is 0. The summed E-state index contributed by atoms with van der Waals surface area (Å²) in [4.78, 5) is 11.3. The van der Waals surface area contributed by atoms with Crippen LogP contribution >= 0.6 is 0 Å². The van der Waals surface area contributed by atoms with E-state index in [4.69, 9.17) is 0 Å². The molecule has 7 heteroatoms. The van der Waals surface area contributed by atoms with E-state index in [0.717, 1.165) is 36.4 Å². The zero-order valence-corrected chi connectivity index (χ0v) is 12.1. The van der Waals surface area contributed by atoms with E-state index in [2.05, 4.69) is 49.7 Å². The van der Waals surface area contributed by atoms with Crippen molar-refractivity contribution in [1.82, 2.24) is 25.1 Å². The van der Waals surface area contributed by atoms with E-state index in [1.165, 1.54) is 0 Å². The fraction of sp³-hybridized carbons (Fsp3) is 0.615. The van der Waals surface area contributed by atoms with E-state index < -0.39 is 0 Å². The van der Waals surface area contributed by atoms with Crippen LogP contribution in [0.3, 0.4) is 0 Å². The van der Waals surface area contributed by atoms with Crippen LogP contribution in [0.5, 0.6) is 0 Å². The minimum absolute atomic E-state index is 0.434. The lowest BCUT2D eigenvalue weighted by Crippen LogP contribution is -2.43. The molecule has 2 aromatic heterocycles. The van der Waals surface area contributed by atoms with Crippen LogP contribution in [0.25, 0.3) is 11.0 Å². The predicted octanol–water partition coefficient (Wildman–Crippen LogP) is 1.15. The molecule has 2 atom stereocenters. The number of aromatic nitrogens is 4. The first-order valence-electron chi connectivity index (χ1n) is 7.01. The van der Waals surface area contributed by atoms with E-state index in [-0.39, 0.29) is 0 Å². The number of H-pyrrole nitrogens is 1. The molecule has 108 valence electrons. The highest BCUT2D eigenvalue weighted by Gasteiger charge is 2.25. The van der Waals surface area contributed by atoms with Crippen molar-refractivity contribution in [3.8, 4) is 0 Å². The normalized spacial score (nSPS) is 23.9. The van der Waals surface area contributed by atoms with Crippen molar-refractivity contribution in [1.29, 1.82) is 0 Å². The quantitative estimate of drug-likeness (QED) is 0.779. The average Bonchev–Trinajstić information content (AvgIpc) is 2.90. The topological polar surface area (TPSA) is 81.8 Å². The zero-order chi connectivity index (χ0) is 14.1. The Morgan fingerprint density at radius 1 is 1.40 bits per heavy atom. The molecule has 3 rings (SSSR count). The molecule has 0 bridgehead atoms. The lowest BCUT2D eigenvalue weighted by Gasteiger charge is -2.35. The van der Waals surface area contributed by atoms with Gasteiger partial charge in [0.25, 0.3) is 0 Å². The largest absolute Gasteiger partial charge is 0.366 e. The maximum atomic E-state index is 4.53. The Bertz CT molecular complexity index is 593. The highest BCUT2D eigenvalue weighted by Crippen LogP contribution is 2.24. The lowest BCUT2D eigenvalue weighted by atomic mass is 9.94. The number of anilines is 2. The van der Waals surface area contributed by atoms with Gasteiger partial charge in [-0.05, 0) is 25.9 Å². The number of hydrogen-bond donors (Lipinski definition) is 3. The number of aromatic amines is 1. The van der Waals surface area contributed by atoms with Crippen molar-refractivity contribution < 1.29 is 0 Å². The average molecular weight is 275 g/mol. The van der Waals surface area contributed by atoms with Crippen LogP contribution in [0, 0.1) is 5.92 Å². The first-order chi connectivity index (χ1) is 9.67. The molecule has 0 saturated carbocycles. The number of rotatable bonds is 3. The van der Waals surface area contributed by atoms with Gasteiger partial charge in [0.2, 0.25) is 5.95 Å². The first kappa shape index (κ1) is 13.1. The number of nitrogens with one attached hydrogen (secondary N) is 3. The van der Waals surface area contributed by atoms with Crippen molar-refractivity contribution in [3.63, 3.8) is 0 Å². The lowest BCUT2D eigenvalue weighted by molar-refractivity contribution is 0.206. The Balaban J connectivity index is 1.88. The van der Waals surface area contributed by atoms with Crippen LogP contribution in [-0.2, 0) is 0 Å². The molecule has 3 N–H and O–H groups in total. The van der Waals surface area contributed by atoms with Gasteiger partial charge >= 0.3 is 0 Å². The number of likely N-dealkylation sites (tertiary alicyclic amines) is 1. The number of nitrogens with zero attached hydrogens (tertiary/aromatic N) is 4. The number of piperidine rings is 1. The van der Waals surface area contributed by atoms with Crippen molar-refractivity contribution in [2.45, 2.75) is 19.4 Å². The molecule has 7 nitrogen and oxygen atoms in total. The summed E-state index contributed by atoms with van der Waals surface area (Å²) in [5.74, 6) is 2.04. The zero-order valence-electron chi connectivity index (χ0n) is 12.1. The first-order valence-corrected chi connectivity index (χ1v) is 7.01. The highest BCUT2D eigenvalue weighted by molar-refractivity contribution is 5.87. The van der Waals surface area contributed by atoms with Crippen LogP contribution in [0.15, 0.2) is 6.20 Å². The molecular formula is C13H21N7. The summed E-state index contributed by atoms with van der Waals surface area (Å²) in [5.41, 5.74) is 0.757. The minimum atomic E-state index is 0.434. The third kappa shape index (κ3) is 2.40. The third-order valence-electron chi connectivity index (χ3n) is 3.96. The molecule has 2 unspecified atom stereocenters. The molecule has 2 aromatic rings. The minimum Gasteiger partial charge on any atom is -0.366 e.